The lowest BCUT2D eigenvalue weighted by molar-refractivity contribution is 0.0475. The van der Waals surface area contributed by atoms with E-state index in [1.165, 1.54) is 12.1 Å². The van der Waals surface area contributed by atoms with Crippen LogP contribution in [0.3, 0.4) is 0 Å². The van der Waals surface area contributed by atoms with E-state index in [9.17, 15) is 9.59 Å². The van der Waals surface area contributed by atoms with Crippen molar-refractivity contribution in [3.8, 4) is 0 Å². The highest BCUT2D eigenvalue weighted by atomic mass is 35.5. The maximum atomic E-state index is 13.3. The first-order valence-electron chi connectivity index (χ1n) is 10.8. The zero-order chi connectivity index (χ0) is 23.7. The normalized spacial score (nSPS) is 14.2. The van der Waals surface area contributed by atoms with E-state index in [1.807, 2.05) is 42.5 Å². The minimum Gasteiger partial charge on any atom is -0.465 e. The Kier molecular flexibility index (Phi) is 6.22. The molecular formula is C27H19Cl2NO4. The van der Waals surface area contributed by atoms with Gasteiger partial charge in [-0.05, 0) is 72.9 Å². The van der Waals surface area contributed by atoms with Crippen LogP contribution in [0, 0.1) is 0 Å². The first-order valence-corrected chi connectivity index (χ1v) is 11.6. The number of pyridine rings is 1. The van der Waals surface area contributed by atoms with Gasteiger partial charge in [0.1, 0.15) is 5.76 Å². The molecule has 4 aromatic rings. The molecule has 5 nitrogen and oxygen atoms in total. The maximum Gasteiger partial charge on any atom is 0.339 e. The number of furan rings is 1. The number of ether oxygens (including phenoxy) is 1. The minimum atomic E-state index is -0.562. The zero-order valence-electron chi connectivity index (χ0n) is 18.0. The van der Waals surface area contributed by atoms with Crippen LogP contribution in [0.1, 0.15) is 50.6 Å². The Bertz CT molecular complexity index is 1440. The number of carbonyl (C=O) groups excluding carboxylic acids is 2. The third-order valence-corrected chi connectivity index (χ3v) is 6.35. The van der Waals surface area contributed by atoms with E-state index in [0.29, 0.717) is 27.9 Å². The van der Waals surface area contributed by atoms with Crippen molar-refractivity contribution in [2.75, 3.05) is 6.61 Å². The SMILES string of the molecule is O=C(COC(=O)c1c2c(nc3ccccc13)C(=Cc1ccco1)CCC2)c1ccc(Cl)cc1Cl. The number of ketones is 1. The minimum absolute atomic E-state index is 0.216. The van der Waals surface area contributed by atoms with Crippen molar-refractivity contribution in [1.82, 2.24) is 4.98 Å². The number of Topliss-reactive ketones (excluding diaryl/α,β-unsaturated/α-hetero) is 1. The second kappa shape index (κ2) is 9.45. The first-order chi connectivity index (χ1) is 16.5. The lowest BCUT2D eigenvalue weighted by Gasteiger charge is -2.22. The molecule has 1 aliphatic rings. The molecule has 34 heavy (non-hydrogen) atoms. The van der Waals surface area contributed by atoms with Gasteiger partial charge < -0.3 is 9.15 Å². The van der Waals surface area contributed by atoms with E-state index in [1.54, 1.807) is 12.3 Å². The molecule has 2 aromatic heterocycles. The maximum absolute atomic E-state index is 13.3. The number of carbonyl (C=O) groups is 2. The van der Waals surface area contributed by atoms with Crippen LogP contribution >= 0.6 is 23.2 Å². The van der Waals surface area contributed by atoms with E-state index in [4.69, 9.17) is 37.3 Å². The van der Waals surface area contributed by atoms with Crippen LogP contribution in [-0.2, 0) is 11.2 Å². The van der Waals surface area contributed by atoms with E-state index in [-0.39, 0.29) is 10.6 Å². The number of para-hydroxylation sites is 1. The predicted octanol–water partition coefficient (Wildman–Crippen LogP) is 7.05. The Morgan fingerprint density at radius 3 is 2.71 bits per heavy atom. The molecular weight excluding hydrogens is 473 g/mol. The van der Waals surface area contributed by atoms with Crippen molar-refractivity contribution in [3.63, 3.8) is 0 Å². The third-order valence-electron chi connectivity index (χ3n) is 5.80. The number of halogens is 2. The van der Waals surface area contributed by atoms with Crippen molar-refractivity contribution in [1.29, 1.82) is 0 Å². The molecule has 0 spiro atoms. The monoisotopic (exact) mass is 491 g/mol. The smallest absolute Gasteiger partial charge is 0.339 e. The fourth-order valence-corrected chi connectivity index (χ4v) is 4.76. The molecule has 0 N–H and O–H groups in total. The zero-order valence-corrected chi connectivity index (χ0v) is 19.5. The van der Waals surface area contributed by atoms with Crippen LogP contribution in [-0.4, -0.2) is 23.3 Å². The quantitative estimate of drug-likeness (QED) is 0.221. The highest BCUT2D eigenvalue weighted by Gasteiger charge is 2.27. The second-order valence-electron chi connectivity index (χ2n) is 7.99. The van der Waals surface area contributed by atoms with E-state index in [0.717, 1.165) is 35.4 Å². The van der Waals surface area contributed by atoms with Gasteiger partial charge in [0.2, 0.25) is 5.78 Å². The number of fused-ring (bicyclic) bond motifs is 2. The number of esters is 1. The number of benzene rings is 2. The van der Waals surface area contributed by atoms with Gasteiger partial charge in [0.05, 0.1) is 28.1 Å². The van der Waals surface area contributed by atoms with Gasteiger partial charge in [-0.25, -0.2) is 9.78 Å². The van der Waals surface area contributed by atoms with Gasteiger partial charge in [0, 0.05) is 16.0 Å². The summed E-state index contributed by atoms with van der Waals surface area (Å²) < 4.78 is 11.0. The van der Waals surface area contributed by atoms with Crippen molar-refractivity contribution >= 4 is 57.5 Å². The fourth-order valence-electron chi connectivity index (χ4n) is 4.25. The van der Waals surface area contributed by atoms with Gasteiger partial charge >= 0.3 is 5.97 Å². The van der Waals surface area contributed by atoms with Gasteiger partial charge in [0.25, 0.3) is 0 Å². The van der Waals surface area contributed by atoms with Gasteiger partial charge in [-0.3, -0.25) is 4.79 Å². The summed E-state index contributed by atoms with van der Waals surface area (Å²) in [6.45, 7) is -0.430. The van der Waals surface area contributed by atoms with Crippen LogP contribution < -0.4 is 0 Å². The summed E-state index contributed by atoms with van der Waals surface area (Å²) in [7, 11) is 0. The van der Waals surface area contributed by atoms with Gasteiger partial charge in [-0.15, -0.1) is 0 Å². The number of hydrogen-bond acceptors (Lipinski definition) is 5. The summed E-state index contributed by atoms with van der Waals surface area (Å²) in [5.41, 5.74) is 3.97. The van der Waals surface area contributed by atoms with E-state index in [2.05, 4.69) is 0 Å². The average Bonchev–Trinajstić information content (AvgIpc) is 3.34. The number of rotatable bonds is 5. The standard InChI is InChI=1S/C27H19Cl2NO4/c28-17-10-11-19(22(29)14-17)24(31)15-34-27(32)25-20-7-1-2-9-23(20)30-26-16(5-3-8-21(25)26)13-18-6-4-12-33-18/h1-2,4,6-7,9-14H,3,5,8,15H2. The summed E-state index contributed by atoms with van der Waals surface area (Å²) in [5.74, 6) is -0.236. The Hall–Kier alpha value is -3.41. The Morgan fingerprint density at radius 2 is 1.91 bits per heavy atom. The Labute approximate surface area is 206 Å². The van der Waals surface area contributed by atoms with Crippen molar-refractivity contribution in [2.24, 2.45) is 0 Å². The van der Waals surface area contributed by atoms with Crippen molar-refractivity contribution < 1.29 is 18.7 Å². The Balaban J connectivity index is 1.51. The molecule has 5 rings (SSSR count). The van der Waals surface area contributed by atoms with E-state index < -0.39 is 18.4 Å². The number of aromatic nitrogens is 1. The number of hydrogen-bond donors (Lipinski definition) is 0. The van der Waals surface area contributed by atoms with Crippen LogP contribution in [0.2, 0.25) is 10.0 Å². The summed E-state index contributed by atoms with van der Waals surface area (Å²) in [6.07, 6.45) is 5.95. The number of nitrogens with zero attached hydrogens (tertiary/aromatic N) is 1. The summed E-state index contributed by atoms with van der Waals surface area (Å²) in [5, 5.41) is 1.34. The van der Waals surface area contributed by atoms with Crippen molar-refractivity contribution in [2.45, 2.75) is 19.3 Å². The summed E-state index contributed by atoms with van der Waals surface area (Å²) in [6, 6.07) is 15.7. The van der Waals surface area contributed by atoms with E-state index >= 15 is 0 Å². The highest BCUT2D eigenvalue weighted by Crippen LogP contribution is 2.36. The predicted molar refractivity (Wildman–Crippen MR) is 132 cm³/mol. The largest absolute Gasteiger partial charge is 0.465 e. The molecule has 0 radical (unpaired) electrons. The molecule has 0 fully saturated rings. The molecule has 1 aliphatic carbocycles. The molecule has 0 saturated carbocycles. The second-order valence-corrected chi connectivity index (χ2v) is 8.84. The van der Waals surface area contributed by atoms with Crippen molar-refractivity contribution in [3.05, 3.63) is 99.1 Å². The third kappa shape index (κ3) is 4.37. The molecule has 2 heterocycles. The summed E-state index contributed by atoms with van der Waals surface area (Å²) in [4.78, 5) is 30.9. The molecule has 0 amide bonds. The molecule has 7 heteroatoms. The van der Waals surface area contributed by atoms with Gasteiger partial charge in [0.15, 0.2) is 6.61 Å². The van der Waals surface area contributed by atoms with Crippen LogP contribution in [0.25, 0.3) is 22.6 Å². The first kappa shape index (κ1) is 22.4. The number of allylic oxidation sites excluding steroid dienone is 1. The molecule has 0 atom stereocenters. The van der Waals surface area contributed by atoms with Gasteiger partial charge in [-0.1, -0.05) is 41.4 Å². The lowest BCUT2D eigenvalue weighted by Crippen LogP contribution is -2.19. The molecule has 0 saturated heterocycles. The summed E-state index contributed by atoms with van der Waals surface area (Å²) >= 11 is 12.0. The molecule has 0 aliphatic heterocycles. The van der Waals surface area contributed by atoms with Crippen LogP contribution in [0.5, 0.6) is 0 Å². The molecule has 170 valence electrons. The topological polar surface area (TPSA) is 69.4 Å². The Morgan fingerprint density at radius 1 is 1.06 bits per heavy atom. The lowest BCUT2D eigenvalue weighted by atomic mass is 9.86. The van der Waals surface area contributed by atoms with Gasteiger partial charge in [-0.2, -0.15) is 0 Å². The fraction of sp³-hybridized carbons (Fsp3) is 0.148. The molecule has 0 unspecified atom stereocenters. The van der Waals surface area contributed by atoms with Crippen LogP contribution in [0.15, 0.2) is 65.3 Å². The molecule has 2 aromatic carbocycles. The molecule has 0 bridgehead atoms. The van der Waals surface area contributed by atoms with Crippen LogP contribution in [0.4, 0.5) is 0 Å². The average molecular weight is 492 g/mol. The highest BCUT2D eigenvalue weighted by molar-refractivity contribution is 6.36.